The standard InChI is InChI=1S/C26H34N4OS/c1-18(2)11-12-22(28-26(31)27-21-10-6-5-9-19(21)3)24-20-13-16-29(4)17-23(20)32-25(24)30-14-7-8-15-30/h5-10,14-15,18,22H,11-13,16-17H2,1-4H3,(H2,27,28,31)/t22-/m0/s1. The van der Waals surface area contributed by atoms with Crippen LogP contribution >= 0.6 is 11.3 Å². The molecule has 1 aromatic carbocycles. The number of aromatic nitrogens is 1. The van der Waals surface area contributed by atoms with Crippen molar-refractivity contribution in [2.45, 2.75) is 52.6 Å². The summed E-state index contributed by atoms with van der Waals surface area (Å²) < 4.78 is 2.21. The van der Waals surface area contributed by atoms with Crippen molar-refractivity contribution in [3.63, 3.8) is 0 Å². The van der Waals surface area contributed by atoms with Crippen molar-refractivity contribution in [2.24, 2.45) is 5.92 Å². The number of hydrogen-bond acceptors (Lipinski definition) is 3. The van der Waals surface area contributed by atoms with Gasteiger partial charge in [0.15, 0.2) is 0 Å². The zero-order valence-electron chi connectivity index (χ0n) is 19.5. The summed E-state index contributed by atoms with van der Waals surface area (Å²) in [5, 5.41) is 7.65. The number of hydrogen-bond donors (Lipinski definition) is 2. The number of fused-ring (bicyclic) bond motifs is 1. The smallest absolute Gasteiger partial charge is 0.319 e. The molecule has 0 bridgehead atoms. The van der Waals surface area contributed by atoms with Crippen LogP contribution < -0.4 is 10.6 Å². The van der Waals surface area contributed by atoms with Crippen LogP contribution in [0.15, 0.2) is 48.8 Å². The Hall–Kier alpha value is -2.57. The number of rotatable bonds is 7. The fourth-order valence-corrected chi connectivity index (χ4v) is 5.84. The van der Waals surface area contributed by atoms with Crippen molar-refractivity contribution in [2.75, 3.05) is 18.9 Å². The normalized spacial score (nSPS) is 14.9. The molecule has 1 atom stereocenters. The van der Waals surface area contributed by atoms with E-state index in [4.69, 9.17) is 0 Å². The van der Waals surface area contributed by atoms with Crippen LogP contribution in [0.25, 0.3) is 5.00 Å². The third-order valence-electron chi connectivity index (χ3n) is 6.19. The quantitative estimate of drug-likeness (QED) is 0.455. The lowest BCUT2D eigenvalue weighted by Crippen LogP contribution is -2.34. The fraction of sp³-hybridized carbons (Fsp3) is 0.423. The number of anilines is 1. The van der Waals surface area contributed by atoms with Gasteiger partial charge in [0.2, 0.25) is 0 Å². The molecule has 0 saturated carbocycles. The van der Waals surface area contributed by atoms with E-state index in [0.29, 0.717) is 5.92 Å². The van der Waals surface area contributed by atoms with Crippen LogP contribution in [0.2, 0.25) is 0 Å². The third-order valence-corrected chi connectivity index (χ3v) is 7.43. The first kappa shape index (κ1) is 22.6. The molecular formula is C26H34N4OS. The maximum atomic E-state index is 13.1. The van der Waals surface area contributed by atoms with Crippen LogP contribution in [0.4, 0.5) is 10.5 Å². The highest BCUT2D eigenvalue weighted by Crippen LogP contribution is 2.40. The van der Waals surface area contributed by atoms with Crippen LogP contribution in [0.5, 0.6) is 0 Å². The van der Waals surface area contributed by atoms with Crippen molar-refractivity contribution < 1.29 is 4.79 Å². The molecule has 6 heteroatoms. The number of para-hydroxylation sites is 1. The Morgan fingerprint density at radius 1 is 1.12 bits per heavy atom. The number of nitrogens with one attached hydrogen (secondary N) is 2. The average molecular weight is 451 g/mol. The predicted octanol–water partition coefficient (Wildman–Crippen LogP) is 6.13. The number of nitrogens with zero attached hydrogens (tertiary/aromatic N) is 2. The van der Waals surface area contributed by atoms with Gasteiger partial charge in [-0.3, -0.25) is 0 Å². The Kier molecular flexibility index (Phi) is 7.01. The van der Waals surface area contributed by atoms with E-state index >= 15 is 0 Å². The fourth-order valence-electron chi connectivity index (χ4n) is 4.38. The molecule has 3 heterocycles. The summed E-state index contributed by atoms with van der Waals surface area (Å²) in [4.78, 5) is 16.9. The SMILES string of the molecule is Cc1ccccc1NC(=O)N[C@@H](CCC(C)C)c1c(-n2cccc2)sc2c1CCN(C)C2. The van der Waals surface area contributed by atoms with E-state index in [9.17, 15) is 4.79 Å². The maximum Gasteiger partial charge on any atom is 0.319 e. The molecule has 5 nitrogen and oxygen atoms in total. The number of amides is 2. The zero-order chi connectivity index (χ0) is 22.7. The minimum atomic E-state index is -0.139. The molecule has 0 radical (unpaired) electrons. The Morgan fingerprint density at radius 2 is 1.88 bits per heavy atom. The number of aryl methyl sites for hydroxylation is 1. The lowest BCUT2D eigenvalue weighted by Gasteiger charge is -2.26. The van der Waals surface area contributed by atoms with E-state index in [1.165, 1.54) is 21.0 Å². The Balaban J connectivity index is 1.68. The number of thiophene rings is 1. The summed E-state index contributed by atoms with van der Waals surface area (Å²) in [6.45, 7) is 8.53. The average Bonchev–Trinajstić information content (AvgIpc) is 3.40. The minimum Gasteiger partial charge on any atom is -0.331 e. The molecule has 0 aliphatic carbocycles. The van der Waals surface area contributed by atoms with E-state index in [1.807, 2.05) is 42.5 Å². The Morgan fingerprint density at radius 3 is 2.59 bits per heavy atom. The second-order valence-corrected chi connectivity index (χ2v) is 10.3. The number of carbonyl (C=O) groups excluding carboxylic acids is 1. The monoisotopic (exact) mass is 450 g/mol. The van der Waals surface area contributed by atoms with Crippen molar-refractivity contribution in [1.29, 1.82) is 0 Å². The van der Waals surface area contributed by atoms with Gasteiger partial charge < -0.3 is 20.1 Å². The maximum absolute atomic E-state index is 13.1. The van der Waals surface area contributed by atoms with Gasteiger partial charge in [-0.05, 0) is 68.5 Å². The van der Waals surface area contributed by atoms with Gasteiger partial charge in [-0.15, -0.1) is 11.3 Å². The summed E-state index contributed by atoms with van der Waals surface area (Å²) in [5.74, 6) is 0.578. The molecule has 1 aliphatic heterocycles. The molecule has 1 aliphatic rings. The van der Waals surface area contributed by atoms with E-state index in [2.05, 4.69) is 65.5 Å². The molecule has 0 saturated heterocycles. The van der Waals surface area contributed by atoms with Gasteiger partial charge in [-0.2, -0.15) is 0 Å². The van der Waals surface area contributed by atoms with Crippen molar-refractivity contribution in [3.8, 4) is 5.00 Å². The van der Waals surface area contributed by atoms with Crippen molar-refractivity contribution in [3.05, 3.63) is 70.4 Å². The van der Waals surface area contributed by atoms with Crippen LogP contribution in [0.3, 0.4) is 0 Å². The van der Waals surface area contributed by atoms with Gasteiger partial charge in [0.1, 0.15) is 5.00 Å². The van der Waals surface area contributed by atoms with Crippen LogP contribution in [0, 0.1) is 12.8 Å². The summed E-state index contributed by atoms with van der Waals surface area (Å²) >= 11 is 1.87. The molecular weight excluding hydrogens is 416 g/mol. The molecule has 170 valence electrons. The summed E-state index contributed by atoms with van der Waals surface area (Å²) in [6.07, 6.45) is 7.23. The van der Waals surface area contributed by atoms with E-state index in [-0.39, 0.29) is 12.1 Å². The largest absolute Gasteiger partial charge is 0.331 e. The van der Waals surface area contributed by atoms with E-state index < -0.39 is 0 Å². The minimum absolute atomic E-state index is 0.0257. The second-order valence-electron chi connectivity index (χ2n) is 9.24. The predicted molar refractivity (Wildman–Crippen MR) is 134 cm³/mol. The number of benzene rings is 1. The van der Waals surface area contributed by atoms with Crippen LogP contribution in [-0.2, 0) is 13.0 Å². The number of likely N-dealkylation sites (N-methyl/N-ethyl adjacent to an activating group) is 1. The molecule has 2 N–H and O–H groups in total. The summed E-state index contributed by atoms with van der Waals surface area (Å²) in [5.41, 5.74) is 4.65. The first-order chi connectivity index (χ1) is 15.4. The lowest BCUT2D eigenvalue weighted by atomic mass is 9.92. The van der Waals surface area contributed by atoms with Crippen molar-refractivity contribution >= 4 is 23.1 Å². The molecule has 0 unspecified atom stereocenters. The van der Waals surface area contributed by atoms with E-state index in [0.717, 1.165) is 43.6 Å². The first-order valence-corrected chi connectivity index (χ1v) is 12.3. The molecule has 2 amide bonds. The van der Waals surface area contributed by atoms with Crippen LogP contribution in [0.1, 0.15) is 54.3 Å². The highest BCUT2D eigenvalue weighted by Gasteiger charge is 2.29. The van der Waals surface area contributed by atoms with Gasteiger partial charge in [-0.25, -0.2) is 4.79 Å². The highest BCUT2D eigenvalue weighted by atomic mass is 32.1. The topological polar surface area (TPSA) is 49.3 Å². The molecule has 32 heavy (non-hydrogen) atoms. The second kappa shape index (κ2) is 9.92. The lowest BCUT2D eigenvalue weighted by molar-refractivity contribution is 0.247. The Labute approximate surface area is 195 Å². The van der Waals surface area contributed by atoms with Gasteiger partial charge in [0, 0.05) is 41.6 Å². The van der Waals surface area contributed by atoms with Gasteiger partial charge >= 0.3 is 6.03 Å². The molecule has 2 aromatic heterocycles. The first-order valence-electron chi connectivity index (χ1n) is 11.5. The number of carbonyl (C=O) groups is 1. The van der Waals surface area contributed by atoms with Crippen molar-refractivity contribution in [1.82, 2.24) is 14.8 Å². The Bertz CT molecular complexity index is 1050. The zero-order valence-corrected chi connectivity index (χ0v) is 20.3. The van der Waals surface area contributed by atoms with Gasteiger partial charge in [0.05, 0.1) is 6.04 Å². The third kappa shape index (κ3) is 5.08. The molecule has 0 fully saturated rings. The summed E-state index contributed by atoms with van der Waals surface area (Å²) in [6, 6.07) is 11.9. The molecule has 4 rings (SSSR count). The van der Waals surface area contributed by atoms with E-state index in [1.54, 1.807) is 0 Å². The van der Waals surface area contributed by atoms with Gasteiger partial charge in [0.25, 0.3) is 0 Å². The summed E-state index contributed by atoms with van der Waals surface area (Å²) in [7, 11) is 2.18. The molecule has 0 spiro atoms. The van der Waals surface area contributed by atoms with Crippen LogP contribution in [-0.4, -0.2) is 29.1 Å². The van der Waals surface area contributed by atoms with Gasteiger partial charge in [-0.1, -0.05) is 32.0 Å². The highest BCUT2D eigenvalue weighted by molar-refractivity contribution is 7.15. The number of urea groups is 1. The molecule has 3 aromatic rings.